The van der Waals surface area contributed by atoms with Gasteiger partial charge in [-0.2, -0.15) is 5.10 Å². The largest absolute Gasteiger partial charge is 0.462 e. The predicted octanol–water partition coefficient (Wildman–Crippen LogP) is 3.93. The maximum atomic E-state index is 12.5. The Hall–Kier alpha value is -2.78. The molecule has 0 saturated heterocycles. The Bertz CT molecular complexity index is 1030. The molecule has 0 unspecified atom stereocenters. The van der Waals surface area contributed by atoms with Crippen molar-refractivity contribution in [3.8, 4) is 16.5 Å². The van der Waals surface area contributed by atoms with Crippen LogP contribution < -0.4 is 5.32 Å². The van der Waals surface area contributed by atoms with Crippen molar-refractivity contribution < 1.29 is 9.21 Å². The molecular weight excluding hydrogens is 418 g/mol. The van der Waals surface area contributed by atoms with E-state index in [1.165, 1.54) is 17.7 Å². The fourth-order valence-electron chi connectivity index (χ4n) is 2.40. The number of thiazole rings is 1. The summed E-state index contributed by atoms with van der Waals surface area (Å²) in [6, 6.07) is 9.20. The van der Waals surface area contributed by atoms with E-state index in [4.69, 9.17) is 4.42 Å². The lowest BCUT2D eigenvalue weighted by molar-refractivity contribution is -0.115. The highest BCUT2D eigenvalue weighted by Crippen LogP contribution is 2.26. The van der Waals surface area contributed by atoms with Crippen LogP contribution in [0.1, 0.15) is 5.69 Å². The molecule has 130 valence electrons. The molecule has 1 N–H and O–H groups in total. The van der Waals surface area contributed by atoms with Gasteiger partial charge in [-0.3, -0.25) is 4.79 Å². The minimum Gasteiger partial charge on any atom is -0.462 e. The van der Waals surface area contributed by atoms with Crippen LogP contribution in [0.2, 0.25) is 0 Å². The van der Waals surface area contributed by atoms with Gasteiger partial charge < -0.3 is 9.73 Å². The van der Waals surface area contributed by atoms with Crippen molar-refractivity contribution in [1.29, 1.82) is 0 Å². The number of nitrogens with one attached hydrogen (secondary N) is 1. The van der Waals surface area contributed by atoms with E-state index < -0.39 is 0 Å². The molecule has 7 nitrogen and oxygen atoms in total. The highest BCUT2D eigenvalue weighted by molar-refractivity contribution is 9.10. The van der Waals surface area contributed by atoms with Crippen LogP contribution in [0.4, 0.5) is 5.69 Å². The lowest BCUT2D eigenvalue weighted by Crippen LogP contribution is -2.16. The summed E-state index contributed by atoms with van der Waals surface area (Å²) >= 11 is 4.87. The molecule has 0 bridgehead atoms. The Morgan fingerprint density at radius 2 is 2.27 bits per heavy atom. The summed E-state index contributed by atoms with van der Waals surface area (Å²) in [5.41, 5.74) is 2.06. The zero-order valence-corrected chi connectivity index (χ0v) is 15.7. The van der Waals surface area contributed by atoms with Crippen LogP contribution in [-0.2, 0) is 11.2 Å². The molecule has 4 rings (SSSR count). The van der Waals surface area contributed by atoms with Crippen LogP contribution in [0, 0.1) is 0 Å². The van der Waals surface area contributed by atoms with Gasteiger partial charge in [0, 0.05) is 9.85 Å². The smallest absolute Gasteiger partial charge is 0.230 e. The first-order chi connectivity index (χ1) is 12.7. The van der Waals surface area contributed by atoms with Crippen molar-refractivity contribution in [1.82, 2.24) is 19.7 Å². The van der Waals surface area contributed by atoms with Crippen molar-refractivity contribution in [2.45, 2.75) is 6.42 Å². The standard InChI is InChI=1S/C17H12BrN5O2S/c18-11-3-4-14(23-10-19-9-20-23)13(6-11)22-16(24)7-12-8-26-17(21-12)15-2-1-5-25-15/h1-6,8-10H,7H2,(H,22,24). The van der Waals surface area contributed by atoms with Crippen molar-refractivity contribution in [2.24, 2.45) is 0 Å². The number of aromatic nitrogens is 4. The lowest BCUT2D eigenvalue weighted by atomic mass is 10.2. The number of benzene rings is 1. The average Bonchev–Trinajstić information content (AvgIpc) is 3.37. The summed E-state index contributed by atoms with van der Waals surface area (Å²) in [7, 11) is 0. The van der Waals surface area contributed by atoms with Gasteiger partial charge in [-0.25, -0.2) is 14.6 Å². The molecule has 0 saturated carbocycles. The molecular formula is C17H12BrN5O2S. The number of anilines is 1. The van der Waals surface area contributed by atoms with Crippen LogP contribution in [0.3, 0.4) is 0 Å². The summed E-state index contributed by atoms with van der Waals surface area (Å²) in [6.45, 7) is 0. The first-order valence-corrected chi connectivity index (χ1v) is 9.29. The van der Waals surface area contributed by atoms with Gasteiger partial charge in [0.15, 0.2) is 10.8 Å². The first kappa shape index (κ1) is 16.7. The Morgan fingerprint density at radius 1 is 1.35 bits per heavy atom. The quantitative estimate of drug-likeness (QED) is 0.519. The predicted molar refractivity (Wildman–Crippen MR) is 101 cm³/mol. The molecule has 3 heterocycles. The molecule has 1 amide bonds. The highest BCUT2D eigenvalue weighted by atomic mass is 79.9. The van der Waals surface area contributed by atoms with Gasteiger partial charge in [-0.05, 0) is 30.3 Å². The topological polar surface area (TPSA) is 85.8 Å². The SMILES string of the molecule is O=C(Cc1csc(-c2ccco2)n1)Nc1cc(Br)ccc1-n1cncn1. The molecule has 0 aliphatic rings. The second kappa shape index (κ2) is 7.22. The van der Waals surface area contributed by atoms with E-state index in [1.54, 1.807) is 17.3 Å². The summed E-state index contributed by atoms with van der Waals surface area (Å²) in [5, 5.41) is 9.64. The normalized spacial score (nSPS) is 10.8. The van der Waals surface area contributed by atoms with E-state index >= 15 is 0 Å². The third-order valence-corrected chi connectivity index (χ3v) is 4.92. The van der Waals surface area contributed by atoms with Crippen LogP contribution in [0.15, 0.2) is 63.5 Å². The van der Waals surface area contributed by atoms with Gasteiger partial charge in [0.1, 0.15) is 12.7 Å². The second-order valence-corrected chi connectivity index (χ2v) is 7.12. The Kier molecular flexibility index (Phi) is 4.63. The van der Waals surface area contributed by atoms with Gasteiger partial charge in [-0.15, -0.1) is 11.3 Å². The first-order valence-electron chi connectivity index (χ1n) is 7.62. The number of halogens is 1. The average molecular weight is 430 g/mol. The number of nitrogens with zero attached hydrogens (tertiary/aromatic N) is 4. The van der Waals surface area contributed by atoms with Crippen LogP contribution in [0.5, 0.6) is 0 Å². The van der Waals surface area contributed by atoms with E-state index in [-0.39, 0.29) is 12.3 Å². The fourth-order valence-corrected chi connectivity index (χ4v) is 3.55. The molecule has 3 aromatic heterocycles. The number of hydrogen-bond donors (Lipinski definition) is 1. The van der Waals surface area contributed by atoms with Crippen molar-refractivity contribution in [3.63, 3.8) is 0 Å². The highest BCUT2D eigenvalue weighted by Gasteiger charge is 2.13. The molecule has 0 fully saturated rings. The maximum absolute atomic E-state index is 12.5. The summed E-state index contributed by atoms with van der Waals surface area (Å²) in [6.07, 6.45) is 4.79. The van der Waals surface area contributed by atoms with Gasteiger partial charge in [0.05, 0.1) is 29.8 Å². The zero-order valence-electron chi connectivity index (χ0n) is 13.3. The van der Waals surface area contributed by atoms with E-state index in [1.807, 2.05) is 35.7 Å². The molecule has 9 heteroatoms. The molecule has 0 atom stereocenters. The van der Waals surface area contributed by atoms with Crippen molar-refractivity contribution in [3.05, 3.63) is 64.8 Å². The number of carbonyl (C=O) groups is 1. The molecule has 4 aromatic rings. The number of rotatable bonds is 5. The minimum atomic E-state index is -0.166. The van der Waals surface area contributed by atoms with Gasteiger partial charge in [0.2, 0.25) is 5.91 Å². The summed E-state index contributed by atoms with van der Waals surface area (Å²) in [5.74, 6) is 0.530. The maximum Gasteiger partial charge on any atom is 0.230 e. The number of carbonyl (C=O) groups excluding carboxylic acids is 1. The summed E-state index contributed by atoms with van der Waals surface area (Å²) in [4.78, 5) is 20.9. The molecule has 0 aliphatic carbocycles. The Balaban J connectivity index is 1.51. The Morgan fingerprint density at radius 3 is 3.04 bits per heavy atom. The monoisotopic (exact) mass is 429 g/mol. The fraction of sp³-hybridized carbons (Fsp3) is 0.0588. The van der Waals surface area contributed by atoms with E-state index in [9.17, 15) is 4.79 Å². The van der Waals surface area contributed by atoms with E-state index in [0.29, 0.717) is 17.1 Å². The van der Waals surface area contributed by atoms with Crippen LogP contribution in [-0.4, -0.2) is 25.7 Å². The molecule has 1 aromatic carbocycles. The lowest BCUT2D eigenvalue weighted by Gasteiger charge is -2.11. The van der Waals surface area contributed by atoms with E-state index in [0.717, 1.165) is 15.2 Å². The number of amides is 1. The molecule has 0 radical (unpaired) electrons. The van der Waals surface area contributed by atoms with Crippen LogP contribution >= 0.6 is 27.3 Å². The van der Waals surface area contributed by atoms with Crippen molar-refractivity contribution >= 4 is 38.9 Å². The number of furan rings is 1. The minimum absolute atomic E-state index is 0.166. The van der Waals surface area contributed by atoms with Crippen LogP contribution in [0.25, 0.3) is 16.5 Å². The second-order valence-electron chi connectivity index (χ2n) is 5.35. The third-order valence-electron chi connectivity index (χ3n) is 3.52. The zero-order chi connectivity index (χ0) is 17.9. The van der Waals surface area contributed by atoms with Gasteiger partial charge in [0.25, 0.3) is 0 Å². The van der Waals surface area contributed by atoms with Crippen molar-refractivity contribution in [2.75, 3.05) is 5.32 Å². The van der Waals surface area contributed by atoms with E-state index in [2.05, 4.69) is 36.3 Å². The Labute approximate surface area is 160 Å². The molecule has 0 spiro atoms. The van der Waals surface area contributed by atoms with Gasteiger partial charge >= 0.3 is 0 Å². The third kappa shape index (κ3) is 3.58. The number of hydrogen-bond acceptors (Lipinski definition) is 6. The molecule has 26 heavy (non-hydrogen) atoms. The van der Waals surface area contributed by atoms with Gasteiger partial charge in [-0.1, -0.05) is 15.9 Å². The molecule has 0 aliphatic heterocycles. The summed E-state index contributed by atoms with van der Waals surface area (Å²) < 4.78 is 7.78.